The van der Waals surface area contributed by atoms with E-state index < -0.39 is 0 Å². The van der Waals surface area contributed by atoms with Gasteiger partial charge in [0.1, 0.15) is 5.52 Å². The van der Waals surface area contributed by atoms with Gasteiger partial charge in [0, 0.05) is 5.54 Å². The molecule has 3 nitrogen and oxygen atoms in total. The normalized spacial score (nSPS) is 11.9. The smallest absolute Gasteiger partial charge is 0.106 e. The minimum atomic E-state index is 0.0621. The van der Waals surface area contributed by atoms with Crippen molar-refractivity contribution in [2.75, 3.05) is 11.1 Å². The van der Waals surface area contributed by atoms with Crippen LogP contribution in [-0.4, -0.2) is 10.5 Å². The Hall–Kier alpha value is -1.29. The van der Waals surface area contributed by atoms with Gasteiger partial charge in [-0.1, -0.05) is 13.3 Å². The number of hydrogen-bond acceptors (Lipinski definition) is 4. The summed E-state index contributed by atoms with van der Waals surface area (Å²) in [6.07, 6.45) is 2.26. The van der Waals surface area contributed by atoms with Gasteiger partial charge in [0.05, 0.1) is 21.6 Å². The van der Waals surface area contributed by atoms with Crippen molar-refractivity contribution in [2.45, 2.75) is 39.2 Å². The van der Waals surface area contributed by atoms with E-state index in [0.29, 0.717) is 0 Å². The molecule has 0 amide bonds. The van der Waals surface area contributed by atoms with E-state index in [4.69, 9.17) is 5.73 Å². The van der Waals surface area contributed by atoms with Crippen LogP contribution in [0.25, 0.3) is 10.2 Å². The molecule has 0 spiro atoms. The van der Waals surface area contributed by atoms with Gasteiger partial charge in [-0.3, -0.25) is 0 Å². The van der Waals surface area contributed by atoms with Gasteiger partial charge >= 0.3 is 0 Å². The van der Waals surface area contributed by atoms with Gasteiger partial charge in [-0.05, 0) is 32.4 Å². The summed E-state index contributed by atoms with van der Waals surface area (Å²) in [5.41, 5.74) is 10.7. The number of nitrogens with zero attached hydrogens (tertiary/aromatic N) is 1. The van der Waals surface area contributed by atoms with E-state index in [0.717, 1.165) is 34.4 Å². The van der Waals surface area contributed by atoms with E-state index in [9.17, 15) is 0 Å². The fraction of sp³-hybridized carbons (Fsp3) is 0.462. The first kappa shape index (κ1) is 12.2. The lowest BCUT2D eigenvalue weighted by Gasteiger charge is -2.28. The topological polar surface area (TPSA) is 50.9 Å². The zero-order chi connectivity index (χ0) is 12.5. The second kappa shape index (κ2) is 4.53. The molecule has 1 aromatic heterocycles. The third-order valence-corrected chi connectivity index (χ3v) is 3.68. The largest absolute Gasteiger partial charge is 0.395 e. The maximum absolute atomic E-state index is 6.15. The lowest BCUT2D eigenvalue weighted by Crippen LogP contribution is -2.30. The summed E-state index contributed by atoms with van der Waals surface area (Å²) in [6, 6.07) is 4.13. The van der Waals surface area contributed by atoms with Crippen LogP contribution in [0.5, 0.6) is 0 Å². The van der Waals surface area contributed by atoms with Crippen molar-refractivity contribution in [1.29, 1.82) is 0 Å². The van der Waals surface area contributed by atoms with Crippen molar-refractivity contribution in [3.05, 3.63) is 17.6 Å². The van der Waals surface area contributed by atoms with E-state index in [2.05, 4.69) is 37.1 Å². The van der Waals surface area contributed by atoms with Crippen molar-refractivity contribution < 1.29 is 0 Å². The van der Waals surface area contributed by atoms with E-state index >= 15 is 0 Å². The molecule has 1 heterocycles. The molecule has 2 aromatic rings. The molecule has 0 aliphatic heterocycles. The molecule has 4 heteroatoms. The quantitative estimate of drug-likeness (QED) is 0.809. The number of hydrogen-bond donors (Lipinski definition) is 2. The van der Waals surface area contributed by atoms with Crippen molar-refractivity contribution >= 4 is 32.9 Å². The third-order valence-electron chi connectivity index (χ3n) is 2.89. The first-order chi connectivity index (χ1) is 8.03. The molecule has 0 aliphatic carbocycles. The Kier molecular flexibility index (Phi) is 3.24. The Labute approximate surface area is 106 Å². The number of aromatic nitrogens is 1. The molecule has 0 aliphatic rings. The molecule has 0 radical (unpaired) electrons. The van der Waals surface area contributed by atoms with Gasteiger partial charge in [-0.15, -0.1) is 11.3 Å². The maximum atomic E-state index is 6.15. The summed E-state index contributed by atoms with van der Waals surface area (Å²) in [4.78, 5) is 4.31. The SMILES string of the molecule is CCCC(C)(C)Nc1ccc2scnc2c1N. The van der Waals surface area contributed by atoms with Crippen LogP contribution in [-0.2, 0) is 0 Å². The average Bonchev–Trinajstić information content (AvgIpc) is 2.70. The predicted molar refractivity (Wildman–Crippen MR) is 76.6 cm³/mol. The standard InChI is InChI=1S/C13H19N3S/c1-4-7-13(2,3)16-9-5-6-10-12(11(9)14)15-8-17-10/h5-6,8,16H,4,7,14H2,1-3H3. The highest BCUT2D eigenvalue weighted by atomic mass is 32.1. The highest BCUT2D eigenvalue weighted by molar-refractivity contribution is 7.16. The number of nitrogens with one attached hydrogen (secondary N) is 1. The van der Waals surface area contributed by atoms with Gasteiger partial charge in [0.2, 0.25) is 0 Å². The third kappa shape index (κ3) is 2.52. The minimum absolute atomic E-state index is 0.0621. The maximum Gasteiger partial charge on any atom is 0.106 e. The monoisotopic (exact) mass is 249 g/mol. The number of fused-ring (bicyclic) bond motifs is 1. The fourth-order valence-corrected chi connectivity index (χ4v) is 2.81. The Balaban J connectivity index is 2.33. The molecule has 0 atom stereocenters. The number of nitrogens with two attached hydrogens (primary N) is 1. The first-order valence-electron chi connectivity index (χ1n) is 5.93. The predicted octanol–water partition coefficient (Wildman–Crippen LogP) is 3.87. The molecular weight excluding hydrogens is 230 g/mol. The van der Waals surface area contributed by atoms with Gasteiger partial charge in [0.15, 0.2) is 0 Å². The molecule has 17 heavy (non-hydrogen) atoms. The molecule has 0 unspecified atom stereocenters. The van der Waals surface area contributed by atoms with E-state index in [-0.39, 0.29) is 5.54 Å². The van der Waals surface area contributed by atoms with Crippen LogP contribution >= 0.6 is 11.3 Å². The summed E-state index contributed by atoms with van der Waals surface area (Å²) in [7, 11) is 0. The van der Waals surface area contributed by atoms with Crippen LogP contribution in [0.1, 0.15) is 33.6 Å². The van der Waals surface area contributed by atoms with Gasteiger partial charge < -0.3 is 11.1 Å². The van der Waals surface area contributed by atoms with E-state index in [1.54, 1.807) is 11.3 Å². The highest BCUT2D eigenvalue weighted by Gasteiger charge is 2.18. The average molecular weight is 249 g/mol. The Morgan fingerprint density at radius 1 is 1.41 bits per heavy atom. The second-order valence-electron chi connectivity index (χ2n) is 4.98. The summed E-state index contributed by atoms with van der Waals surface area (Å²) in [5, 5.41) is 3.51. The molecular formula is C13H19N3S. The molecule has 0 fully saturated rings. The van der Waals surface area contributed by atoms with Crippen molar-refractivity contribution in [2.24, 2.45) is 0 Å². The van der Waals surface area contributed by atoms with Crippen molar-refractivity contribution in [3.63, 3.8) is 0 Å². The number of anilines is 2. The molecule has 1 aromatic carbocycles. The number of thiazole rings is 1. The summed E-state index contributed by atoms with van der Waals surface area (Å²) < 4.78 is 1.14. The van der Waals surface area contributed by atoms with Gasteiger partial charge in [-0.25, -0.2) is 4.98 Å². The van der Waals surface area contributed by atoms with Crippen LogP contribution in [0.15, 0.2) is 17.6 Å². The fourth-order valence-electron chi connectivity index (χ4n) is 2.11. The number of nitrogen functional groups attached to an aromatic ring is 1. The molecule has 92 valence electrons. The van der Waals surface area contributed by atoms with Crippen LogP contribution < -0.4 is 11.1 Å². The van der Waals surface area contributed by atoms with Crippen molar-refractivity contribution in [3.8, 4) is 0 Å². The molecule has 3 N–H and O–H groups in total. The van der Waals surface area contributed by atoms with Crippen molar-refractivity contribution in [1.82, 2.24) is 4.98 Å². The lowest BCUT2D eigenvalue weighted by atomic mass is 9.98. The van der Waals surface area contributed by atoms with Gasteiger partial charge in [0.25, 0.3) is 0 Å². The highest BCUT2D eigenvalue weighted by Crippen LogP contribution is 2.32. The molecule has 0 saturated carbocycles. The zero-order valence-corrected chi connectivity index (χ0v) is 11.4. The Morgan fingerprint density at radius 2 is 2.18 bits per heavy atom. The summed E-state index contributed by atoms with van der Waals surface area (Å²) >= 11 is 1.62. The van der Waals surface area contributed by atoms with Gasteiger partial charge in [-0.2, -0.15) is 0 Å². The molecule has 0 saturated heterocycles. The van der Waals surface area contributed by atoms with Crippen LogP contribution in [0, 0.1) is 0 Å². The van der Waals surface area contributed by atoms with Crippen LogP contribution in [0.2, 0.25) is 0 Å². The zero-order valence-electron chi connectivity index (χ0n) is 10.6. The van der Waals surface area contributed by atoms with Crippen LogP contribution in [0.4, 0.5) is 11.4 Å². The first-order valence-corrected chi connectivity index (χ1v) is 6.81. The number of benzene rings is 1. The molecule has 2 rings (SSSR count). The summed E-state index contributed by atoms with van der Waals surface area (Å²) in [6.45, 7) is 6.58. The second-order valence-corrected chi connectivity index (χ2v) is 5.87. The Bertz CT molecular complexity index is 516. The van der Waals surface area contributed by atoms with Crippen LogP contribution in [0.3, 0.4) is 0 Å². The summed E-state index contributed by atoms with van der Waals surface area (Å²) in [5.74, 6) is 0. The molecule has 0 bridgehead atoms. The lowest BCUT2D eigenvalue weighted by molar-refractivity contribution is 0.511. The Morgan fingerprint density at radius 3 is 2.88 bits per heavy atom. The minimum Gasteiger partial charge on any atom is -0.395 e. The van der Waals surface area contributed by atoms with E-state index in [1.165, 1.54) is 0 Å². The number of rotatable bonds is 4. The van der Waals surface area contributed by atoms with E-state index in [1.807, 2.05) is 11.6 Å².